The molecule has 0 aliphatic heterocycles. The highest BCUT2D eigenvalue weighted by Gasteiger charge is 2.14. The molecule has 0 aliphatic rings. The van der Waals surface area contributed by atoms with Crippen LogP contribution in [0.2, 0.25) is 0 Å². The first kappa shape index (κ1) is 20.0. The molecular weight excluding hydrogens is 328 g/mol. The molecule has 1 amide bonds. The zero-order chi connectivity index (χ0) is 16.7. The Morgan fingerprint density at radius 1 is 1.21 bits per heavy atom. The summed E-state index contributed by atoms with van der Waals surface area (Å²) in [4.78, 5) is 11.9. The number of anilines is 1. The SMILES string of the molecule is COCC(N)C(=O)Nc1ccc(OCc2ccccc2)cc1C.Cl. The number of halogens is 1. The second-order valence-corrected chi connectivity index (χ2v) is 5.30. The number of ether oxygens (including phenoxy) is 2. The van der Waals surface area contributed by atoms with Crippen molar-refractivity contribution in [3.63, 3.8) is 0 Å². The van der Waals surface area contributed by atoms with Gasteiger partial charge in [0.25, 0.3) is 0 Å². The first-order chi connectivity index (χ1) is 11.1. The predicted octanol–water partition coefficient (Wildman–Crippen LogP) is 2.91. The largest absolute Gasteiger partial charge is 0.489 e. The Morgan fingerprint density at radius 2 is 1.92 bits per heavy atom. The molecule has 0 saturated heterocycles. The average molecular weight is 351 g/mol. The van der Waals surface area contributed by atoms with Crippen molar-refractivity contribution in [2.45, 2.75) is 19.6 Å². The van der Waals surface area contributed by atoms with Crippen molar-refractivity contribution < 1.29 is 14.3 Å². The van der Waals surface area contributed by atoms with E-state index in [0.29, 0.717) is 12.3 Å². The summed E-state index contributed by atoms with van der Waals surface area (Å²) in [5.41, 5.74) is 8.44. The molecule has 2 aromatic carbocycles. The number of amides is 1. The van der Waals surface area contributed by atoms with Gasteiger partial charge in [-0.2, -0.15) is 0 Å². The lowest BCUT2D eigenvalue weighted by atomic mass is 10.1. The number of benzene rings is 2. The van der Waals surface area contributed by atoms with E-state index in [1.807, 2.05) is 55.5 Å². The van der Waals surface area contributed by atoms with Gasteiger partial charge in [0.05, 0.1) is 6.61 Å². The van der Waals surface area contributed by atoms with E-state index in [0.717, 1.165) is 16.9 Å². The van der Waals surface area contributed by atoms with E-state index in [4.69, 9.17) is 15.2 Å². The summed E-state index contributed by atoms with van der Waals surface area (Å²) in [6, 6.07) is 14.8. The molecule has 2 rings (SSSR count). The van der Waals surface area contributed by atoms with Crippen molar-refractivity contribution in [2.75, 3.05) is 19.0 Å². The number of nitrogens with two attached hydrogens (primary N) is 1. The van der Waals surface area contributed by atoms with Gasteiger partial charge in [-0.05, 0) is 36.2 Å². The number of rotatable bonds is 7. The Kier molecular flexibility index (Phi) is 8.26. The summed E-state index contributed by atoms with van der Waals surface area (Å²) < 4.78 is 10.6. The molecule has 24 heavy (non-hydrogen) atoms. The van der Waals surface area contributed by atoms with E-state index in [-0.39, 0.29) is 24.9 Å². The van der Waals surface area contributed by atoms with Crippen LogP contribution in [0, 0.1) is 6.92 Å². The predicted molar refractivity (Wildman–Crippen MR) is 97.7 cm³/mol. The van der Waals surface area contributed by atoms with Crippen LogP contribution in [0.1, 0.15) is 11.1 Å². The third-order valence-electron chi connectivity index (χ3n) is 3.39. The third-order valence-corrected chi connectivity index (χ3v) is 3.39. The molecule has 2 aromatic rings. The zero-order valence-electron chi connectivity index (χ0n) is 13.8. The van der Waals surface area contributed by atoms with E-state index in [2.05, 4.69) is 5.32 Å². The van der Waals surface area contributed by atoms with Crippen LogP contribution in [0.5, 0.6) is 5.75 Å². The Bertz CT molecular complexity index is 650. The molecule has 3 N–H and O–H groups in total. The van der Waals surface area contributed by atoms with Crippen molar-refractivity contribution in [2.24, 2.45) is 5.73 Å². The van der Waals surface area contributed by atoms with E-state index >= 15 is 0 Å². The fourth-order valence-corrected chi connectivity index (χ4v) is 2.09. The van der Waals surface area contributed by atoms with Gasteiger partial charge in [0.2, 0.25) is 5.91 Å². The first-order valence-corrected chi connectivity index (χ1v) is 7.43. The minimum atomic E-state index is -0.687. The molecule has 0 aromatic heterocycles. The van der Waals surface area contributed by atoms with Crippen molar-refractivity contribution in [1.29, 1.82) is 0 Å². The van der Waals surface area contributed by atoms with Gasteiger partial charge in [-0.3, -0.25) is 4.79 Å². The van der Waals surface area contributed by atoms with Crippen LogP contribution in [0.4, 0.5) is 5.69 Å². The highest BCUT2D eigenvalue weighted by atomic mass is 35.5. The summed E-state index contributed by atoms with van der Waals surface area (Å²) in [5, 5.41) is 2.80. The molecule has 0 fully saturated rings. The van der Waals surface area contributed by atoms with Gasteiger partial charge in [0.15, 0.2) is 0 Å². The van der Waals surface area contributed by atoms with E-state index in [1.54, 1.807) is 0 Å². The lowest BCUT2D eigenvalue weighted by molar-refractivity contribution is -0.118. The van der Waals surface area contributed by atoms with Crippen molar-refractivity contribution in [1.82, 2.24) is 0 Å². The summed E-state index contributed by atoms with van der Waals surface area (Å²) in [6.07, 6.45) is 0. The molecule has 0 aliphatic carbocycles. The molecule has 0 spiro atoms. The molecule has 0 bridgehead atoms. The number of methoxy groups -OCH3 is 1. The van der Waals surface area contributed by atoms with Gasteiger partial charge in [-0.1, -0.05) is 30.3 Å². The van der Waals surface area contributed by atoms with Gasteiger partial charge in [0, 0.05) is 12.8 Å². The van der Waals surface area contributed by atoms with Crippen molar-refractivity contribution in [3.05, 3.63) is 59.7 Å². The maximum Gasteiger partial charge on any atom is 0.243 e. The second-order valence-electron chi connectivity index (χ2n) is 5.30. The molecule has 5 nitrogen and oxygen atoms in total. The van der Waals surface area contributed by atoms with Gasteiger partial charge < -0.3 is 20.5 Å². The summed E-state index contributed by atoms with van der Waals surface area (Å²) >= 11 is 0. The van der Waals surface area contributed by atoms with E-state index < -0.39 is 6.04 Å². The molecule has 0 heterocycles. The maximum absolute atomic E-state index is 11.9. The Labute approximate surface area is 148 Å². The highest BCUT2D eigenvalue weighted by molar-refractivity contribution is 5.95. The molecule has 1 atom stereocenters. The quantitative estimate of drug-likeness (QED) is 0.805. The van der Waals surface area contributed by atoms with Gasteiger partial charge in [-0.15, -0.1) is 12.4 Å². The van der Waals surface area contributed by atoms with Crippen LogP contribution in [0.15, 0.2) is 48.5 Å². The smallest absolute Gasteiger partial charge is 0.243 e. The molecule has 0 saturated carbocycles. The summed E-state index contributed by atoms with van der Waals surface area (Å²) in [6.45, 7) is 2.60. The lowest BCUT2D eigenvalue weighted by Gasteiger charge is -2.14. The zero-order valence-corrected chi connectivity index (χ0v) is 14.6. The minimum absolute atomic E-state index is 0. The number of nitrogens with one attached hydrogen (secondary N) is 1. The van der Waals surface area contributed by atoms with Gasteiger partial charge >= 0.3 is 0 Å². The molecule has 0 radical (unpaired) electrons. The van der Waals surface area contributed by atoms with Gasteiger partial charge in [-0.25, -0.2) is 0 Å². The standard InChI is InChI=1S/C18H22N2O3.ClH/c1-13-10-15(23-11-14-6-4-3-5-7-14)8-9-17(13)20-18(21)16(19)12-22-2;/h3-10,16H,11-12,19H2,1-2H3,(H,20,21);1H. The average Bonchev–Trinajstić information content (AvgIpc) is 2.56. The van der Waals surface area contributed by atoms with Crippen molar-refractivity contribution >= 4 is 24.0 Å². The molecule has 130 valence electrons. The molecule has 6 heteroatoms. The monoisotopic (exact) mass is 350 g/mol. The van der Waals surface area contributed by atoms with Crippen LogP contribution >= 0.6 is 12.4 Å². The normalized spacial score (nSPS) is 11.3. The van der Waals surface area contributed by atoms with Crippen molar-refractivity contribution in [3.8, 4) is 5.75 Å². The summed E-state index contributed by atoms with van der Waals surface area (Å²) in [7, 11) is 1.51. The van der Waals surface area contributed by atoms with Crippen LogP contribution < -0.4 is 15.8 Å². The van der Waals surface area contributed by atoms with Crippen LogP contribution in [-0.2, 0) is 16.1 Å². The van der Waals surface area contributed by atoms with Crippen LogP contribution in [-0.4, -0.2) is 25.7 Å². The minimum Gasteiger partial charge on any atom is -0.489 e. The number of hydrogen-bond acceptors (Lipinski definition) is 4. The second kappa shape index (κ2) is 9.93. The Balaban J connectivity index is 0.00000288. The maximum atomic E-state index is 11.9. The fourth-order valence-electron chi connectivity index (χ4n) is 2.09. The van der Waals surface area contributed by atoms with Crippen LogP contribution in [0.3, 0.4) is 0 Å². The number of carbonyl (C=O) groups is 1. The fraction of sp³-hybridized carbons (Fsp3) is 0.278. The lowest BCUT2D eigenvalue weighted by Crippen LogP contribution is -2.39. The molecule has 1 unspecified atom stereocenters. The van der Waals surface area contributed by atoms with Gasteiger partial charge in [0.1, 0.15) is 18.4 Å². The highest BCUT2D eigenvalue weighted by Crippen LogP contribution is 2.22. The topological polar surface area (TPSA) is 73.6 Å². The number of aryl methyl sites for hydroxylation is 1. The third kappa shape index (κ3) is 5.85. The Hall–Kier alpha value is -2.08. The number of hydrogen-bond donors (Lipinski definition) is 2. The first-order valence-electron chi connectivity index (χ1n) is 7.43. The Morgan fingerprint density at radius 3 is 2.54 bits per heavy atom. The summed E-state index contributed by atoms with van der Waals surface area (Å²) in [5.74, 6) is 0.485. The van der Waals surface area contributed by atoms with E-state index in [9.17, 15) is 4.79 Å². The van der Waals surface area contributed by atoms with Crippen LogP contribution in [0.25, 0.3) is 0 Å². The number of carbonyl (C=O) groups excluding carboxylic acids is 1. The van der Waals surface area contributed by atoms with E-state index in [1.165, 1.54) is 7.11 Å². The molecular formula is C18H23ClN2O3.